The number of benzene rings is 2. The van der Waals surface area contributed by atoms with Gasteiger partial charge in [0, 0.05) is 15.3 Å². The summed E-state index contributed by atoms with van der Waals surface area (Å²) < 4.78 is 1.19. The van der Waals surface area contributed by atoms with Crippen LogP contribution in [0.1, 0.15) is 23.3 Å². The lowest BCUT2D eigenvalue weighted by Crippen LogP contribution is -2.13. The molecule has 6 heteroatoms. The summed E-state index contributed by atoms with van der Waals surface area (Å²) in [6.07, 6.45) is 4.61. The minimum absolute atomic E-state index is 0.0415. The zero-order chi connectivity index (χ0) is 19.6. The maximum atomic E-state index is 12.7. The summed E-state index contributed by atoms with van der Waals surface area (Å²) in [6.45, 7) is 0. The number of anilines is 1. The van der Waals surface area contributed by atoms with Crippen molar-refractivity contribution in [1.82, 2.24) is 4.98 Å². The molecule has 0 atom stereocenters. The van der Waals surface area contributed by atoms with Crippen LogP contribution in [0, 0.1) is 0 Å². The second kappa shape index (κ2) is 8.30. The van der Waals surface area contributed by atoms with Gasteiger partial charge in [-0.25, -0.2) is 4.98 Å². The van der Waals surface area contributed by atoms with Gasteiger partial charge in [0.15, 0.2) is 0 Å². The molecule has 1 amide bonds. The number of fused-ring (bicyclic) bond motifs is 2. The minimum Gasteiger partial charge on any atom is -0.316 e. The zero-order valence-electron chi connectivity index (χ0n) is 15.8. The van der Waals surface area contributed by atoms with E-state index in [-0.39, 0.29) is 5.91 Å². The number of thioether (sulfide) groups is 1. The third kappa shape index (κ3) is 3.97. The van der Waals surface area contributed by atoms with Gasteiger partial charge in [-0.3, -0.25) is 4.79 Å². The Bertz CT molecular complexity index is 1130. The van der Waals surface area contributed by atoms with Gasteiger partial charge in [0.1, 0.15) is 10.0 Å². The van der Waals surface area contributed by atoms with Gasteiger partial charge in [-0.15, -0.1) is 34.4 Å². The van der Waals surface area contributed by atoms with E-state index in [9.17, 15) is 4.79 Å². The minimum atomic E-state index is 0.0415. The third-order valence-corrected chi connectivity index (χ3v) is 8.32. The first-order valence-electron chi connectivity index (χ1n) is 9.76. The predicted octanol–water partition coefficient (Wildman–Crippen LogP) is 6.63. The number of rotatable bonds is 5. The number of hydrogen-bond donors (Lipinski definition) is 1. The van der Waals surface area contributed by atoms with Crippen LogP contribution in [0.3, 0.4) is 0 Å². The second-order valence-electron chi connectivity index (χ2n) is 7.05. The predicted molar refractivity (Wildman–Crippen MR) is 125 cm³/mol. The van der Waals surface area contributed by atoms with Crippen molar-refractivity contribution < 1.29 is 4.79 Å². The van der Waals surface area contributed by atoms with Crippen LogP contribution in [0.5, 0.6) is 0 Å². The fourth-order valence-electron chi connectivity index (χ4n) is 3.69. The van der Waals surface area contributed by atoms with Crippen LogP contribution in [0.2, 0.25) is 0 Å². The maximum absolute atomic E-state index is 12.7. The quantitative estimate of drug-likeness (QED) is 0.357. The number of hydrogen-bond acceptors (Lipinski definition) is 5. The first kappa shape index (κ1) is 18.9. The number of thiophene rings is 1. The Balaban J connectivity index is 1.44. The van der Waals surface area contributed by atoms with Crippen LogP contribution in [0.25, 0.3) is 20.8 Å². The van der Waals surface area contributed by atoms with Crippen LogP contribution < -0.4 is 5.32 Å². The Morgan fingerprint density at radius 2 is 1.79 bits per heavy atom. The number of aryl methyl sites for hydroxylation is 1. The third-order valence-electron chi connectivity index (χ3n) is 5.05. The summed E-state index contributed by atoms with van der Waals surface area (Å²) in [4.78, 5) is 20.1. The first-order chi connectivity index (χ1) is 14.3. The van der Waals surface area contributed by atoms with Gasteiger partial charge in [0.05, 0.1) is 16.0 Å². The van der Waals surface area contributed by atoms with Gasteiger partial charge >= 0.3 is 0 Å². The number of carbonyl (C=O) groups excluding carboxylic acids is 1. The lowest BCUT2D eigenvalue weighted by atomic mass is 9.96. The monoisotopic (exact) mass is 436 g/mol. The molecule has 1 aliphatic rings. The van der Waals surface area contributed by atoms with E-state index in [0.29, 0.717) is 5.75 Å². The van der Waals surface area contributed by atoms with E-state index in [0.717, 1.165) is 38.8 Å². The van der Waals surface area contributed by atoms with Crippen LogP contribution in [0.4, 0.5) is 5.00 Å². The van der Waals surface area contributed by atoms with Crippen molar-refractivity contribution in [2.45, 2.75) is 30.6 Å². The van der Waals surface area contributed by atoms with Crippen molar-refractivity contribution >= 4 is 55.6 Å². The lowest BCUT2D eigenvalue weighted by molar-refractivity contribution is -0.113. The number of aromatic nitrogens is 1. The van der Waals surface area contributed by atoms with Crippen molar-refractivity contribution in [3.63, 3.8) is 0 Å². The molecule has 0 unspecified atom stereocenters. The molecular formula is C23H20N2OS3. The van der Waals surface area contributed by atoms with E-state index >= 15 is 0 Å². The van der Waals surface area contributed by atoms with Crippen LogP contribution in [0.15, 0.2) is 59.5 Å². The van der Waals surface area contributed by atoms with Crippen molar-refractivity contribution in [1.29, 1.82) is 0 Å². The molecular weight excluding hydrogens is 416 g/mol. The van der Waals surface area contributed by atoms with Gasteiger partial charge in [0.2, 0.25) is 5.91 Å². The van der Waals surface area contributed by atoms with Crippen molar-refractivity contribution in [3.05, 3.63) is 65.0 Å². The molecule has 0 bridgehead atoms. The number of thiazole rings is 1. The normalized spacial score (nSPS) is 13.4. The fraction of sp³-hybridized carbons (Fsp3) is 0.217. The molecule has 0 fully saturated rings. The number of nitrogens with zero attached hydrogens (tertiary/aromatic N) is 1. The van der Waals surface area contributed by atoms with Gasteiger partial charge in [0.25, 0.3) is 0 Å². The average Bonchev–Trinajstić information content (AvgIpc) is 3.33. The van der Waals surface area contributed by atoms with E-state index < -0.39 is 0 Å². The molecule has 4 aromatic rings. The molecule has 1 N–H and O–H groups in total. The summed E-state index contributed by atoms with van der Waals surface area (Å²) in [6, 6.07) is 18.3. The number of nitrogens with one attached hydrogen (secondary N) is 1. The Labute approximate surface area is 182 Å². The first-order valence-corrected chi connectivity index (χ1v) is 12.4. The summed E-state index contributed by atoms with van der Waals surface area (Å²) in [5, 5.41) is 5.20. The molecule has 0 spiro atoms. The summed E-state index contributed by atoms with van der Waals surface area (Å²) in [5.41, 5.74) is 3.58. The Hall–Kier alpha value is -2.15. The zero-order valence-corrected chi connectivity index (χ0v) is 18.3. The molecule has 29 heavy (non-hydrogen) atoms. The highest BCUT2D eigenvalue weighted by Gasteiger charge is 2.25. The average molecular weight is 437 g/mol. The molecule has 0 saturated heterocycles. The Morgan fingerprint density at radius 1 is 1.00 bits per heavy atom. The molecule has 5 rings (SSSR count). The van der Waals surface area contributed by atoms with Crippen molar-refractivity contribution in [2.24, 2.45) is 0 Å². The standard InChI is InChI=1S/C23H20N2OS3/c26-20(14-27-15-8-2-1-3-9-15)25-23-21(16-10-4-6-12-18(16)28-23)22-24-17-11-5-7-13-19(17)29-22/h1-3,5,7-9,11,13H,4,6,10,12,14H2,(H,25,26). The van der Waals surface area contributed by atoms with Crippen molar-refractivity contribution in [2.75, 3.05) is 11.1 Å². The number of carbonyl (C=O) groups is 1. The molecule has 2 aromatic heterocycles. The van der Waals surface area contributed by atoms with E-state index in [1.165, 1.54) is 28.0 Å². The van der Waals surface area contributed by atoms with Gasteiger partial charge in [-0.2, -0.15) is 0 Å². The van der Waals surface area contributed by atoms with E-state index in [4.69, 9.17) is 4.98 Å². The molecule has 3 nitrogen and oxygen atoms in total. The molecule has 0 radical (unpaired) electrons. The summed E-state index contributed by atoms with van der Waals surface area (Å²) >= 11 is 5.03. The van der Waals surface area contributed by atoms with Gasteiger partial charge in [-0.1, -0.05) is 30.3 Å². The van der Waals surface area contributed by atoms with E-state index in [1.54, 1.807) is 34.4 Å². The number of amides is 1. The Morgan fingerprint density at radius 3 is 2.66 bits per heavy atom. The van der Waals surface area contributed by atoms with E-state index in [2.05, 4.69) is 23.5 Å². The highest BCUT2D eigenvalue weighted by molar-refractivity contribution is 8.00. The van der Waals surface area contributed by atoms with Crippen molar-refractivity contribution in [3.8, 4) is 10.6 Å². The number of para-hydroxylation sites is 1. The van der Waals surface area contributed by atoms with Crippen LogP contribution in [-0.4, -0.2) is 16.6 Å². The molecule has 0 saturated carbocycles. The topological polar surface area (TPSA) is 42.0 Å². The maximum Gasteiger partial charge on any atom is 0.235 e. The summed E-state index contributed by atoms with van der Waals surface area (Å²) in [5.74, 6) is 0.450. The Kier molecular flexibility index (Phi) is 5.40. The largest absolute Gasteiger partial charge is 0.316 e. The molecule has 2 aromatic carbocycles. The van der Waals surface area contributed by atoms with Crippen LogP contribution in [-0.2, 0) is 17.6 Å². The lowest BCUT2D eigenvalue weighted by Gasteiger charge is -2.11. The second-order valence-corrected chi connectivity index (χ2v) is 10.2. The van der Waals surface area contributed by atoms with Gasteiger partial charge < -0.3 is 5.32 Å². The summed E-state index contributed by atoms with van der Waals surface area (Å²) in [7, 11) is 0. The molecule has 2 heterocycles. The van der Waals surface area contributed by atoms with Gasteiger partial charge in [-0.05, 0) is 55.5 Å². The SMILES string of the molecule is O=C(CSc1ccccc1)Nc1sc2c(c1-c1nc3ccccc3s1)CCCC2. The molecule has 0 aliphatic heterocycles. The molecule has 1 aliphatic carbocycles. The smallest absolute Gasteiger partial charge is 0.235 e. The fourth-order valence-corrected chi connectivity index (χ4v) is 6.82. The van der Waals surface area contributed by atoms with Crippen LogP contribution >= 0.6 is 34.4 Å². The van der Waals surface area contributed by atoms with E-state index in [1.807, 2.05) is 36.4 Å². The highest BCUT2D eigenvalue weighted by Crippen LogP contribution is 2.46. The highest BCUT2D eigenvalue weighted by atomic mass is 32.2. The molecule has 146 valence electrons.